The van der Waals surface area contributed by atoms with Gasteiger partial charge in [-0.25, -0.2) is 11.3 Å². The third-order valence-corrected chi connectivity index (χ3v) is 4.34. The zero-order chi connectivity index (χ0) is 13.1. The predicted molar refractivity (Wildman–Crippen MR) is 77.8 cm³/mol. The molecule has 3 nitrogen and oxygen atoms in total. The molecule has 20 heavy (non-hydrogen) atoms. The van der Waals surface area contributed by atoms with Gasteiger partial charge in [-0.3, -0.25) is 0 Å². The predicted octanol–water partition coefficient (Wildman–Crippen LogP) is 0.654. The molecule has 0 amide bonds. The van der Waals surface area contributed by atoms with Gasteiger partial charge in [-0.2, -0.15) is 5.10 Å². The number of hydrogen-bond donors (Lipinski definition) is 0. The van der Waals surface area contributed by atoms with Gasteiger partial charge in [-0.1, -0.05) is 19.1 Å². The molecule has 1 aromatic carbocycles. The van der Waals surface area contributed by atoms with Gasteiger partial charge in [0.15, 0.2) is 0 Å². The van der Waals surface area contributed by atoms with Crippen LogP contribution in [0.5, 0.6) is 0 Å². The van der Waals surface area contributed by atoms with Crippen LogP contribution in [0, 0.1) is 12.5 Å². The van der Waals surface area contributed by atoms with Crippen LogP contribution in [-0.4, -0.2) is 15.2 Å². The van der Waals surface area contributed by atoms with E-state index >= 15 is 0 Å². The molecule has 0 spiro atoms. The van der Waals surface area contributed by atoms with E-state index in [-0.39, 0.29) is 68.9 Å². The molecule has 100 valence electrons. The maximum Gasteiger partial charge on any atom is 1.00 e. The van der Waals surface area contributed by atoms with Crippen LogP contribution in [0.3, 0.4) is 0 Å². The molecule has 0 bridgehead atoms. The van der Waals surface area contributed by atoms with E-state index in [2.05, 4.69) is 36.3 Å². The van der Waals surface area contributed by atoms with Crippen LogP contribution in [0.25, 0.3) is 5.69 Å². The molecular weight excluding hydrogens is 389 g/mol. The van der Waals surface area contributed by atoms with E-state index in [1.165, 1.54) is 5.56 Å². The van der Waals surface area contributed by atoms with Crippen molar-refractivity contribution in [2.75, 3.05) is 0 Å². The maximum absolute atomic E-state index is 5.59. The average molecular weight is 406 g/mol. The van der Waals surface area contributed by atoms with Gasteiger partial charge >= 0.3 is 68.9 Å². The summed E-state index contributed by atoms with van der Waals surface area (Å²) in [6.45, 7) is 4.15. The van der Waals surface area contributed by atoms with Gasteiger partial charge in [-0.05, 0) is 30.2 Å². The van der Waals surface area contributed by atoms with Crippen molar-refractivity contribution < 1.29 is 73.6 Å². The number of ether oxygens (including phenoxy) is 1. The van der Waals surface area contributed by atoms with Crippen LogP contribution >= 0.6 is 11.8 Å². The van der Waals surface area contributed by atoms with Gasteiger partial charge in [-0.15, -0.1) is 17.7 Å². The summed E-state index contributed by atoms with van der Waals surface area (Å²) in [6.07, 6.45) is 4.86. The summed E-state index contributed by atoms with van der Waals surface area (Å²) < 4.78 is 7.46. The van der Waals surface area contributed by atoms with Crippen molar-refractivity contribution in [1.82, 2.24) is 9.78 Å². The molecule has 0 aliphatic carbocycles. The number of benzene rings is 1. The molecule has 5 heteroatoms. The number of thioether (sulfide) groups is 1. The molecule has 1 aliphatic heterocycles. The maximum atomic E-state index is 5.59. The molecule has 2 heterocycles. The van der Waals surface area contributed by atoms with Crippen LogP contribution in [0.1, 0.15) is 18.9 Å². The van der Waals surface area contributed by atoms with E-state index in [0.717, 1.165) is 17.9 Å². The quantitative estimate of drug-likeness (QED) is 0.699. The van der Waals surface area contributed by atoms with Gasteiger partial charge in [0.25, 0.3) is 0 Å². The van der Waals surface area contributed by atoms with Crippen molar-refractivity contribution in [1.29, 1.82) is 0 Å². The van der Waals surface area contributed by atoms with Crippen molar-refractivity contribution in [3.63, 3.8) is 0 Å². The molecule has 2 aromatic rings. The summed E-state index contributed by atoms with van der Waals surface area (Å²) in [5.74, 6) is 1.57. The second-order valence-electron chi connectivity index (χ2n) is 4.84. The average Bonchev–Trinajstić information content (AvgIpc) is 3.08. The molecule has 2 atom stereocenters. The topological polar surface area (TPSA) is 27.1 Å². The van der Waals surface area contributed by atoms with Crippen LogP contribution in [0.15, 0.2) is 42.7 Å². The van der Waals surface area contributed by atoms with Crippen LogP contribution < -0.4 is 68.9 Å². The fraction of sp³-hybridized carbons (Fsp3) is 0.333. The first-order valence-electron chi connectivity index (χ1n) is 6.50. The Kier molecular flexibility index (Phi) is 7.23. The van der Waals surface area contributed by atoms with Crippen molar-refractivity contribution in [2.45, 2.75) is 24.5 Å². The first-order chi connectivity index (χ1) is 9.31. The Morgan fingerprint density at radius 1 is 1.40 bits per heavy atom. The Balaban J connectivity index is 0.00000147. The summed E-state index contributed by atoms with van der Waals surface area (Å²) in [6, 6.07) is 10.5. The standard InChI is InChI=1S/C15H17N2OS.Cs/c1-12-9-15(18-10-12)19-11-13-3-5-14(6-4-13)17-8-2-7-16-17;/h2-8,10,12,15H,9,11H2,1H3;/q-1;+1/t12-,15?;/m1./s1. The smallest absolute Gasteiger partial charge is 0.542 e. The summed E-state index contributed by atoms with van der Waals surface area (Å²) >= 11 is 1.87. The van der Waals surface area contributed by atoms with E-state index in [4.69, 9.17) is 4.74 Å². The van der Waals surface area contributed by atoms with E-state index in [1.54, 1.807) is 6.20 Å². The molecule has 1 fully saturated rings. The molecule has 1 unspecified atom stereocenters. The minimum absolute atomic E-state index is 0. The number of nitrogens with zero attached hydrogens (tertiary/aromatic N) is 2. The van der Waals surface area contributed by atoms with Crippen molar-refractivity contribution in [3.05, 3.63) is 54.9 Å². The van der Waals surface area contributed by atoms with Gasteiger partial charge in [0.2, 0.25) is 0 Å². The number of rotatable bonds is 4. The van der Waals surface area contributed by atoms with Crippen molar-refractivity contribution >= 4 is 11.8 Å². The molecule has 0 N–H and O–H groups in total. The molecule has 1 aromatic heterocycles. The monoisotopic (exact) mass is 406 g/mol. The van der Waals surface area contributed by atoms with Gasteiger partial charge in [0.05, 0.1) is 11.1 Å². The second-order valence-corrected chi connectivity index (χ2v) is 5.99. The molecule has 1 saturated heterocycles. The summed E-state index contributed by atoms with van der Waals surface area (Å²) in [5, 5.41) is 4.22. The minimum Gasteiger partial charge on any atom is -0.542 e. The van der Waals surface area contributed by atoms with E-state index in [9.17, 15) is 0 Å². The van der Waals surface area contributed by atoms with E-state index in [0.29, 0.717) is 11.4 Å². The summed E-state index contributed by atoms with van der Waals surface area (Å²) in [5.41, 5.74) is 2.74. The molecule has 0 saturated carbocycles. The molecular formula is C15H17CsN2OS. The largest absolute Gasteiger partial charge is 1.00 e. The Hall–Kier alpha value is 0.792. The van der Waals surface area contributed by atoms with Gasteiger partial charge in [0, 0.05) is 18.1 Å². The van der Waals surface area contributed by atoms with E-state index in [1.807, 2.05) is 35.3 Å². The Bertz CT molecular complexity index is 515. The Morgan fingerprint density at radius 3 is 2.80 bits per heavy atom. The van der Waals surface area contributed by atoms with Crippen LogP contribution in [0.4, 0.5) is 0 Å². The number of hydrogen-bond acceptors (Lipinski definition) is 3. The SMILES string of the molecule is C[C@H]1[CH-]OC(SCc2ccc(-n3cccn3)cc2)C1.[Cs+]. The molecule has 0 radical (unpaired) electrons. The van der Waals surface area contributed by atoms with Crippen LogP contribution in [0.2, 0.25) is 0 Å². The third kappa shape index (κ3) is 4.64. The first-order valence-corrected chi connectivity index (χ1v) is 7.55. The summed E-state index contributed by atoms with van der Waals surface area (Å²) in [7, 11) is 0. The normalized spacial score (nSPS) is 21.6. The Morgan fingerprint density at radius 2 is 2.20 bits per heavy atom. The molecule has 1 aliphatic rings. The van der Waals surface area contributed by atoms with E-state index < -0.39 is 0 Å². The second kappa shape index (κ2) is 8.43. The van der Waals surface area contributed by atoms with Gasteiger partial charge < -0.3 is 4.74 Å². The zero-order valence-electron chi connectivity index (χ0n) is 11.9. The zero-order valence-corrected chi connectivity index (χ0v) is 19.0. The van der Waals surface area contributed by atoms with Crippen molar-refractivity contribution in [3.8, 4) is 5.69 Å². The first kappa shape index (κ1) is 17.2. The fourth-order valence-electron chi connectivity index (χ4n) is 2.10. The van der Waals surface area contributed by atoms with Crippen molar-refractivity contribution in [2.24, 2.45) is 5.92 Å². The number of aromatic nitrogens is 2. The third-order valence-electron chi connectivity index (χ3n) is 3.17. The van der Waals surface area contributed by atoms with Crippen LogP contribution in [-0.2, 0) is 10.5 Å². The van der Waals surface area contributed by atoms with Gasteiger partial charge in [0.1, 0.15) is 0 Å². The minimum atomic E-state index is 0. The fourth-order valence-corrected chi connectivity index (χ4v) is 3.25. The Labute approximate surface area is 183 Å². The molecule has 3 rings (SSSR count). The summed E-state index contributed by atoms with van der Waals surface area (Å²) in [4.78, 5) is 0.